The molecule has 0 spiro atoms. The van der Waals surface area contributed by atoms with Gasteiger partial charge in [0.1, 0.15) is 9.84 Å². The van der Waals surface area contributed by atoms with Gasteiger partial charge in [-0.1, -0.05) is 0 Å². The van der Waals surface area contributed by atoms with Crippen LogP contribution in [0.15, 0.2) is 4.99 Å². The van der Waals surface area contributed by atoms with Gasteiger partial charge in [-0.3, -0.25) is 4.99 Å². The molecule has 0 bridgehead atoms. The number of rotatable bonds is 1. The molecule has 1 aliphatic heterocycles. The van der Waals surface area contributed by atoms with Gasteiger partial charge in [-0.2, -0.15) is 0 Å². The van der Waals surface area contributed by atoms with E-state index in [1.807, 2.05) is 4.90 Å². The van der Waals surface area contributed by atoms with Gasteiger partial charge in [0.05, 0.1) is 5.25 Å². The number of guanidine groups is 1. The highest BCUT2D eigenvalue weighted by atomic mass is 32.2. The number of aliphatic imine (C=N–C) groups is 1. The van der Waals surface area contributed by atoms with E-state index in [2.05, 4.69) is 4.99 Å². The van der Waals surface area contributed by atoms with E-state index in [-0.39, 0.29) is 5.25 Å². The molecule has 1 fully saturated rings. The van der Waals surface area contributed by atoms with Crippen LogP contribution in [-0.4, -0.2) is 50.9 Å². The second-order valence-corrected chi connectivity index (χ2v) is 5.92. The van der Waals surface area contributed by atoms with Crippen LogP contribution in [0.2, 0.25) is 0 Å². The number of hydrogen-bond donors (Lipinski definition) is 1. The van der Waals surface area contributed by atoms with Crippen LogP contribution >= 0.6 is 0 Å². The zero-order valence-corrected chi connectivity index (χ0v) is 9.42. The van der Waals surface area contributed by atoms with Crippen LogP contribution in [0.5, 0.6) is 0 Å². The van der Waals surface area contributed by atoms with Crippen molar-refractivity contribution < 1.29 is 8.42 Å². The Hall–Kier alpha value is -0.780. The first kappa shape index (κ1) is 11.3. The van der Waals surface area contributed by atoms with E-state index >= 15 is 0 Å². The maximum absolute atomic E-state index is 11.3. The predicted molar refractivity (Wildman–Crippen MR) is 57.0 cm³/mol. The Kier molecular flexibility index (Phi) is 3.36. The van der Waals surface area contributed by atoms with Crippen molar-refractivity contribution >= 4 is 15.8 Å². The van der Waals surface area contributed by atoms with Gasteiger partial charge in [0, 0.05) is 26.4 Å². The van der Waals surface area contributed by atoms with Crippen molar-refractivity contribution in [2.75, 3.05) is 26.4 Å². The maximum Gasteiger partial charge on any atom is 0.190 e. The second kappa shape index (κ2) is 4.16. The van der Waals surface area contributed by atoms with Crippen molar-refractivity contribution in [2.24, 2.45) is 10.7 Å². The average molecular weight is 219 g/mol. The molecule has 2 N–H and O–H groups in total. The lowest BCUT2D eigenvalue weighted by atomic mass is 10.1. The number of piperidine rings is 1. The van der Waals surface area contributed by atoms with Gasteiger partial charge >= 0.3 is 0 Å². The summed E-state index contributed by atoms with van der Waals surface area (Å²) in [5, 5.41) is -0.205. The van der Waals surface area contributed by atoms with Crippen LogP contribution in [0.4, 0.5) is 0 Å². The molecule has 0 radical (unpaired) electrons. The largest absolute Gasteiger partial charge is 0.370 e. The Labute approximate surface area is 84.9 Å². The van der Waals surface area contributed by atoms with Gasteiger partial charge in [0.2, 0.25) is 0 Å². The van der Waals surface area contributed by atoms with Crippen LogP contribution in [0.25, 0.3) is 0 Å². The Morgan fingerprint density at radius 1 is 1.43 bits per heavy atom. The van der Waals surface area contributed by atoms with E-state index in [0.29, 0.717) is 31.9 Å². The molecule has 0 aromatic heterocycles. The van der Waals surface area contributed by atoms with Crippen molar-refractivity contribution in [1.82, 2.24) is 4.90 Å². The number of nitrogens with two attached hydrogens (primary N) is 1. The average Bonchev–Trinajstić information content (AvgIpc) is 2.15. The normalized spacial score (nSPS) is 21.3. The minimum absolute atomic E-state index is 0.205. The van der Waals surface area contributed by atoms with Crippen LogP contribution in [-0.2, 0) is 9.84 Å². The maximum atomic E-state index is 11.3. The van der Waals surface area contributed by atoms with E-state index in [1.165, 1.54) is 6.26 Å². The Bertz CT molecular complexity index is 315. The lowest BCUT2D eigenvalue weighted by molar-refractivity contribution is 0.338. The quantitative estimate of drug-likeness (QED) is 0.474. The van der Waals surface area contributed by atoms with Crippen LogP contribution < -0.4 is 5.73 Å². The highest BCUT2D eigenvalue weighted by Gasteiger charge is 2.26. The molecule has 0 aromatic carbocycles. The van der Waals surface area contributed by atoms with Crippen molar-refractivity contribution in [3.63, 3.8) is 0 Å². The fourth-order valence-corrected chi connectivity index (χ4v) is 2.72. The van der Waals surface area contributed by atoms with E-state index in [0.717, 1.165) is 0 Å². The molecule has 0 saturated carbocycles. The molecule has 14 heavy (non-hydrogen) atoms. The minimum Gasteiger partial charge on any atom is -0.370 e. The van der Waals surface area contributed by atoms with E-state index in [1.54, 1.807) is 7.05 Å². The van der Waals surface area contributed by atoms with E-state index in [4.69, 9.17) is 5.73 Å². The molecule has 6 heteroatoms. The summed E-state index contributed by atoms with van der Waals surface area (Å²) in [6, 6.07) is 0. The second-order valence-electron chi connectivity index (χ2n) is 3.60. The molecule has 0 aliphatic carbocycles. The molecule has 0 atom stereocenters. The van der Waals surface area contributed by atoms with Crippen molar-refractivity contribution in [3.05, 3.63) is 0 Å². The molecular weight excluding hydrogens is 202 g/mol. The summed E-state index contributed by atoms with van der Waals surface area (Å²) in [5.74, 6) is 0.497. The summed E-state index contributed by atoms with van der Waals surface area (Å²) in [6.07, 6.45) is 2.59. The molecule has 0 unspecified atom stereocenters. The molecule has 5 nitrogen and oxygen atoms in total. The summed E-state index contributed by atoms with van der Waals surface area (Å²) in [5.41, 5.74) is 5.63. The molecule has 1 heterocycles. The highest BCUT2D eigenvalue weighted by Crippen LogP contribution is 2.16. The number of sulfone groups is 1. The molecule has 1 aliphatic rings. The summed E-state index contributed by atoms with van der Waals surface area (Å²) in [4.78, 5) is 5.79. The van der Waals surface area contributed by atoms with Gasteiger partial charge in [0.25, 0.3) is 0 Å². The zero-order valence-electron chi connectivity index (χ0n) is 8.60. The molecule has 0 aromatic rings. The minimum atomic E-state index is -2.89. The third-order valence-electron chi connectivity index (χ3n) is 2.60. The van der Waals surface area contributed by atoms with Crippen molar-refractivity contribution in [1.29, 1.82) is 0 Å². The Morgan fingerprint density at radius 3 is 2.29 bits per heavy atom. The summed E-state index contributed by atoms with van der Waals surface area (Å²) >= 11 is 0. The fraction of sp³-hybridized carbons (Fsp3) is 0.875. The third-order valence-corrected chi connectivity index (χ3v) is 4.28. The Balaban J connectivity index is 2.55. The third kappa shape index (κ3) is 2.60. The molecule has 82 valence electrons. The van der Waals surface area contributed by atoms with Crippen LogP contribution in [0.3, 0.4) is 0 Å². The zero-order chi connectivity index (χ0) is 10.8. The topological polar surface area (TPSA) is 75.8 Å². The number of hydrogen-bond acceptors (Lipinski definition) is 3. The van der Waals surface area contributed by atoms with E-state index < -0.39 is 9.84 Å². The van der Waals surface area contributed by atoms with Gasteiger partial charge < -0.3 is 10.6 Å². The van der Waals surface area contributed by atoms with Crippen LogP contribution in [0, 0.1) is 0 Å². The predicted octanol–water partition coefficient (Wildman–Crippen LogP) is -0.560. The van der Waals surface area contributed by atoms with Gasteiger partial charge in [-0.15, -0.1) is 0 Å². The number of nitrogens with zero attached hydrogens (tertiary/aromatic N) is 2. The number of likely N-dealkylation sites (tertiary alicyclic amines) is 1. The van der Waals surface area contributed by atoms with Crippen molar-refractivity contribution in [3.8, 4) is 0 Å². The van der Waals surface area contributed by atoms with Gasteiger partial charge in [0.15, 0.2) is 5.96 Å². The first-order chi connectivity index (χ1) is 6.45. The summed E-state index contributed by atoms with van der Waals surface area (Å²) in [7, 11) is -1.25. The first-order valence-corrected chi connectivity index (χ1v) is 6.56. The SMILES string of the molecule is CN=C(N)N1CCC(S(C)(=O)=O)CC1. The summed E-state index contributed by atoms with van der Waals surface area (Å²) in [6.45, 7) is 1.36. The standard InChI is InChI=1S/C8H17N3O2S/c1-10-8(9)11-5-3-7(4-6-11)14(2,12)13/h7H,3-6H2,1-2H3,(H2,9,10). The van der Waals surface area contributed by atoms with Crippen molar-refractivity contribution in [2.45, 2.75) is 18.1 Å². The van der Waals surface area contributed by atoms with Gasteiger partial charge in [-0.05, 0) is 12.8 Å². The molecule has 1 rings (SSSR count). The molecule has 0 amide bonds. The monoisotopic (exact) mass is 219 g/mol. The lowest BCUT2D eigenvalue weighted by Crippen LogP contribution is -2.45. The highest BCUT2D eigenvalue weighted by molar-refractivity contribution is 7.91. The molecular formula is C8H17N3O2S. The summed E-state index contributed by atoms with van der Waals surface area (Å²) < 4.78 is 22.5. The molecule has 1 saturated heterocycles. The smallest absolute Gasteiger partial charge is 0.190 e. The fourth-order valence-electron chi connectivity index (χ4n) is 1.65. The van der Waals surface area contributed by atoms with Crippen LogP contribution in [0.1, 0.15) is 12.8 Å². The van der Waals surface area contributed by atoms with E-state index in [9.17, 15) is 8.42 Å². The Morgan fingerprint density at radius 2 is 1.93 bits per heavy atom. The van der Waals surface area contributed by atoms with Gasteiger partial charge in [-0.25, -0.2) is 8.42 Å². The first-order valence-electron chi connectivity index (χ1n) is 4.61. The lowest BCUT2D eigenvalue weighted by Gasteiger charge is -2.31.